The SMILES string of the molecule is CCCC[SiH2]c1ccccc1C=C(F)F. The van der Waals surface area contributed by atoms with Gasteiger partial charge in [0.2, 0.25) is 0 Å². The Bertz CT molecular complexity index is 330. The molecule has 1 rings (SSSR count). The van der Waals surface area contributed by atoms with Gasteiger partial charge in [-0.25, -0.2) is 0 Å². The van der Waals surface area contributed by atoms with Gasteiger partial charge in [0, 0.05) is 6.08 Å². The zero-order chi connectivity index (χ0) is 11.1. The molecule has 1 aromatic rings. The Morgan fingerprint density at radius 3 is 2.73 bits per heavy atom. The summed E-state index contributed by atoms with van der Waals surface area (Å²) in [5, 5.41) is 1.15. The zero-order valence-electron chi connectivity index (χ0n) is 8.97. The van der Waals surface area contributed by atoms with Crippen molar-refractivity contribution >= 4 is 20.8 Å². The van der Waals surface area contributed by atoms with Gasteiger partial charge in [0.15, 0.2) is 0 Å². The second-order valence-corrected chi connectivity index (χ2v) is 5.56. The fraction of sp³-hybridized carbons (Fsp3) is 0.333. The van der Waals surface area contributed by atoms with Crippen LogP contribution in [0.15, 0.2) is 30.3 Å². The van der Waals surface area contributed by atoms with Crippen LogP contribution in [-0.4, -0.2) is 9.52 Å². The first-order chi connectivity index (χ1) is 7.24. The van der Waals surface area contributed by atoms with E-state index in [1.54, 1.807) is 6.07 Å². The van der Waals surface area contributed by atoms with Crippen molar-refractivity contribution in [2.24, 2.45) is 0 Å². The van der Waals surface area contributed by atoms with Crippen LogP contribution in [0.4, 0.5) is 8.78 Å². The highest BCUT2D eigenvalue weighted by Gasteiger charge is 2.01. The Labute approximate surface area is 91.8 Å². The van der Waals surface area contributed by atoms with Gasteiger partial charge < -0.3 is 0 Å². The molecule has 1 aromatic carbocycles. The highest BCUT2D eigenvalue weighted by molar-refractivity contribution is 6.54. The molecule has 0 nitrogen and oxygen atoms in total. The van der Waals surface area contributed by atoms with Crippen molar-refractivity contribution < 1.29 is 8.78 Å². The molecule has 0 saturated carbocycles. The predicted molar refractivity (Wildman–Crippen MR) is 64.5 cm³/mol. The molecule has 0 unspecified atom stereocenters. The molecule has 0 bridgehead atoms. The first-order valence-corrected chi connectivity index (χ1v) is 7.05. The third kappa shape index (κ3) is 4.38. The molecule has 0 radical (unpaired) electrons. The van der Waals surface area contributed by atoms with Crippen LogP contribution < -0.4 is 5.19 Å². The molecule has 0 aliphatic rings. The van der Waals surface area contributed by atoms with Gasteiger partial charge in [-0.05, 0) is 5.56 Å². The summed E-state index contributed by atoms with van der Waals surface area (Å²) in [5.74, 6) is 0. The van der Waals surface area contributed by atoms with Gasteiger partial charge in [-0.3, -0.25) is 0 Å². The monoisotopic (exact) mass is 226 g/mol. The smallest absolute Gasteiger partial charge is 0.173 e. The summed E-state index contributed by atoms with van der Waals surface area (Å²) < 4.78 is 24.3. The minimum Gasteiger partial charge on any atom is -0.173 e. The van der Waals surface area contributed by atoms with Crippen LogP contribution in [0.5, 0.6) is 0 Å². The standard InChI is InChI=1S/C12H16F2Si/c1-2-3-8-15-11-7-5-4-6-10(11)9-12(13)14/h4-7,9H,2-3,8,15H2,1H3. The molecular weight excluding hydrogens is 210 g/mol. The molecule has 0 aromatic heterocycles. The van der Waals surface area contributed by atoms with Crippen LogP contribution in [-0.2, 0) is 0 Å². The number of rotatable bonds is 5. The minimum absolute atomic E-state index is 0.372. The quantitative estimate of drug-likeness (QED) is 0.535. The van der Waals surface area contributed by atoms with Crippen LogP contribution in [0.3, 0.4) is 0 Å². The molecule has 15 heavy (non-hydrogen) atoms. The fourth-order valence-electron chi connectivity index (χ4n) is 1.59. The van der Waals surface area contributed by atoms with E-state index in [2.05, 4.69) is 6.92 Å². The Morgan fingerprint density at radius 1 is 1.33 bits per heavy atom. The maximum atomic E-state index is 12.2. The van der Waals surface area contributed by atoms with Crippen molar-refractivity contribution in [2.75, 3.05) is 0 Å². The summed E-state index contributed by atoms with van der Waals surface area (Å²) in [6.07, 6.45) is 1.77. The second kappa shape index (κ2) is 6.51. The van der Waals surface area contributed by atoms with E-state index >= 15 is 0 Å². The van der Waals surface area contributed by atoms with Crippen molar-refractivity contribution in [1.82, 2.24) is 0 Å². The van der Waals surface area contributed by atoms with Crippen LogP contribution in [0.1, 0.15) is 25.3 Å². The maximum absolute atomic E-state index is 12.2. The molecule has 0 spiro atoms. The van der Waals surface area contributed by atoms with Crippen LogP contribution in [0.25, 0.3) is 6.08 Å². The summed E-state index contributed by atoms with van der Waals surface area (Å²) in [6.45, 7) is 2.15. The Kier molecular flexibility index (Phi) is 5.25. The normalized spacial score (nSPS) is 10.9. The first kappa shape index (κ1) is 12.1. The van der Waals surface area contributed by atoms with Gasteiger partial charge in [0.1, 0.15) is 0 Å². The number of halogens is 2. The van der Waals surface area contributed by atoms with Gasteiger partial charge in [0.05, 0.1) is 9.52 Å². The van der Waals surface area contributed by atoms with E-state index in [-0.39, 0.29) is 9.52 Å². The Morgan fingerprint density at radius 2 is 2.07 bits per heavy atom. The van der Waals surface area contributed by atoms with Gasteiger partial charge >= 0.3 is 0 Å². The molecule has 0 heterocycles. The van der Waals surface area contributed by atoms with Crippen LogP contribution in [0.2, 0.25) is 6.04 Å². The van der Waals surface area contributed by atoms with Crippen LogP contribution in [0, 0.1) is 0 Å². The van der Waals surface area contributed by atoms with Crippen molar-refractivity contribution in [2.45, 2.75) is 25.8 Å². The zero-order valence-corrected chi connectivity index (χ0v) is 10.4. The average molecular weight is 226 g/mol. The highest BCUT2D eigenvalue weighted by atomic mass is 28.2. The summed E-state index contributed by atoms with van der Waals surface area (Å²) in [6, 6.07) is 8.70. The summed E-state index contributed by atoms with van der Waals surface area (Å²) >= 11 is 0. The van der Waals surface area contributed by atoms with E-state index in [4.69, 9.17) is 0 Å². The van der Waals surface area contributed by atoms with Crippen molar-refractivity contribution in [3.05, 3.63) is 35.9 Å². The molecule has 82 valence electrons. The summed E-state index contributed by atoms with van der Waals surface area (Å²) in [5.41, 5.74) is 0.709. The molecule has 0 atom stereocenters. The summed E-state index contributed by atoms with van der Waals surface area (Å²) in [7, 11) is -0.372. The first-order valence-electron chi connectivity index (χ1n) is 5.34. The molecule has 0 aliphatic carbocycles. The lowest BCUT2D eigenvalue weighted by Crippen LogP contribution is -2.16. The fourth-order valence-corrected chi connectivity index (χ4v) is 3.53. The number of hydrogen-bond donors (Lipinski definition) is 0. The third-order valence-electron chi connectivity index (χ3n) is 2.37. The highest BCUT2D eigenvalue weighted by Crippen LogP contribution is 2.07. The number of unbranched alkanes of at least 4 members (excludes halogenated alkanes) is 1. The Balaban J connectivity index is 2.73. The lowest BCUT2D eigenvalue weighted by Gasteiger charge is -2.04. The number of hydrogen-bond acceptors (Lipinski definition) is 0. The van der Waals surface area contributed by atoms with E-state index < -0.39 is 6.08 Å². The minimum atomic E-state index is -1.60. The molecule has 0 fully saturated rings. The second-order valence-electron chi connectivity index (χ2n) is 3.59. The topological polar surface area (TPSA) is 0 Å². The van der Waals surface area contributed by atoms with E-state index in [1.165, 1.54) is 18.9 Å². The van der Waals surface area contributed by atoms with Gasteiger partial charge in [0.25, 0.3) is 6.08 Å². The van der Waals surface area contributed by atoms with Crippen LogP contribution >= 0.6 is 0 Å². The molecule has 0 N–H and O–H groups in total. The largest absolute Gasteiger partial charge is 0.270 e. The molecule has 0 aliphatic heterocycles. The molecule has 0 amide bonds. The lowest BCUT2D eigenvalue weighted by atomic mass is 10.2. The van der Waals surface area contributed by atoms with Gasteiger partial charge in [-0.15, -0.1) is 0 Å². The van der Waals surface area contributed by atoms with E-state index in [9.17, 15) is 8.78 Å². The lowest BCUT2D eigenvalue weighted by molar-refractivity contribution is 0.429. The molecular formula is C12H16F2Si. The van der Waals surface area contributed by atoms with Gasteiger partial charge in [-0.2, -0.15) is 8.78 Å². The van der Waals surface area contributed by atoms with E-state index in [0.717, 1.165) is 11.3 Å². The average Bonchev–Trinajstić information content (AvgIpc) is 2.20. The van der Waals surface area contributed by atoms with E-state index in [0.29, 0.717) is 5.56 Å². The third-order valence-corrected chi connectivity index (χ3v) is 4.41. The molecule has 3 heteroatoms. The summed E-state index contributed by atoms with van der Waals surface area (Å²) in [4.78, 5) is 0. The van der Waals surface area contributed by atoms with Crippen molar-refractivity contribution in [1.29, 1.82) is 0 Å². The Hall–Kier alpha value is -0.963. The number of benzene rings is 1. The van der Waals surface area contributed by atoms with E-state index in [1.807, 2.05) is 18.2 Å². The van der Waals surface area contributed by atoms with Crippen molar-refractivity contribution in [3.8, 4) is 0 Å². The maximum Gasteiger partial charge on any atom is 0.270 e. The molecule has 0 saturated heterocycles. The van der Waals surface area contributed by atoms with Gasteiger partial charge in [-0.1, -0.05) is 55.3 Å². The van der Waals surface area contributed by atoms with Crippen molar-refractivity contribution in [3.63, 3.8) is 0 Å². The predicted octanol–water partition coefficient (Wildman–Crippen LogP) is 2.94.